The van der Waals surface area contributed by atoms with E-state index in [1.807, 2.05) is 24.3 Å². The molecule has 31 heavy (non-hydrogen) atoms. The van der Waals surface area contributed by atoms with Crippen LogP contribution in [0.5, 0.6) is 11.5 Å². The van der Waals surface area contributed by atoms with Gasteiger partial charge in [-0.3, -0.25) is 9.59 Å². The number of piperazine rings is 1. The van der Waals surface area contributed by atoms with Gasteiger partial charge in [0.1, 0.15) is 17.1 Å². The molecule has 4 rings (SSSR count). The van der Waals surface area contributed by atoms with E-state index in [4.69, 9.17) is 13.9 Å². The molecule has 0 bridgehead atoms. The maximum absolute atomic E-state index is 12.4. The van der Waals surface area contributed by atoms with Crippen LogP contribution >= 0.6 is 0 Å². The highest BCUT2D eigenvalue weighted by Gasteiger charge is 2.22. The van der Waals surface area contributed by atoms with E-state index >= 15 is 0 Å². The summed E-state index contributed by atoms with van der Waals surface area (Å²) < 4.78 is 16.4. The van der Waals surface area contributed by atoms with Crippen molar-refractivity contribution in [1.29, 1.82) is 0 Å². The SMILES string of the molecule is COc1ccc(-c2cc(=O)oc3c(C)c(OCC(=O)N4CCNC(=O)C4)ccc23)cc1. The minimum absolute atomic E-state index is 0.0268. The van der Waals surface area contributed by atoms with Gasteiger partial charge in [0.2, 0.25) is 5.91 Å². The van der Waals surface area contributed by atoms with Crippen LogP contribution in [0.25, 0.3) is 22.1 Å². The number of hydrogen-bond acceptors (Lipinski definition) is 6. The maximum atomic E-state index is 12.4. The van der Waals surface area contributed by atoms with Crippen molar-refractivity contribution in [3.63, 3.8) is 0 Å². The predicted octanol–water partition coefficient (Wildman–Crippen LogP) is 2.11. The fourth-order valence-corrected chi connectivity index (χ4v) is 3.59. The second kappa shape index (κ2) is 8.51. The summed E-state index contributed by atoms with van der Waals surface area (Å²) in [5, 5.41) is 3.44. The van der Waals surface area contributed by atoms with Crippen LogP contribution in [0.3, 0.4) is 0 Å². The maximum Gasteiger partial charge on any atom is 0.336 e. The van der Waals surface area contributed by atoms with Crippen LogP contribution in [0.2, 0.25) is 0 Å². The molecule has 8 nitrogen and oxygen atoms in total. The first kappa shape index (κ1) is 20.5. The average molecular weight is 422 g/mol. The summed E-state index contributed by atoms with van der Waals surface area (Å²) >= 11 is 0. The van der Waals surface area contributed by atoms with Gasteiger partial charge in [0.15, 0.2) is 6.61 Å². The van der Waals surface area contributed by atoms with Gasteiger partial charge < -0.3 is 24.1 Å². The third kappa shape index (κ3) is 4.23. The van der Waals surface area contributed by atoms with E-state index in [9.17, 15) is 14.4 Å². The lowest BCUT2D eigenvalue weighted by Gasteiger charge is -2.26. The Bertz CT molecular complexity index is 1200. The van der Waals surface area contributed by atoms with Crippen molar-refractivity contribution in [3.05, 3.63) is 58.4 Å². The molecule has 0 unspecified atom stereocenters. The van der Waals surface area contributed by atoms with Gasteiger partial charge in [-0.2, -0.15) is 0 Å². The minimum atomic E-state index is -0.478. The average Bonchev–Trinajstić information content (AvgIpc) is 2.78. The number of rotatable bonds is 5. The zero-order valence-electron chi connectivity index (χ0n) is 17.3. The van der Waals surface area contributed by atoms with Gasteiger partial charge >= 0.3 is 5.63 Å². The minimum Gasteiger partial charge on any atom is -0.497 e. The summed E-state index contributed by atoms with van der Waals surface area (Å²) in [5.74, 6) is 0.702. The number of methoxy groups -OCH3 is 1. The largest absolute Gasteiger partial charge is 0.497 e. The fraction of sp³-hybridized carbons (Fsp3) is 0.261. The van der Waals surface area contributed by atoms with Gasteiger partial charge in [0.25, 0.3) is 5.91 Å². The summed E-state index contributed by atoms with van der Waals surface area (Å²) in [6, 6.07) is 12.4. The summed E-state index contributed by atoms with van der Waals surface area (Å²) in [6.07, 6.45) is 0. The lowest BCUT2D eigenvalue weighted by molar-refractivity contribution is -0.139. The van der Waals surface area contributed by atoms with Gasteiger partial charge in [0.05, 0.1) is 13.7 Å². The van der Waals surface area contributed by atoms with E-state index in [1.54, 1.807) is 26.2 Å². The van der Waals surface area contributed by atoms with E-state index in [0.717, 1.165) is 22.3 Å². The molecule has 0 radical (unpaired) electrons. The highest BCUT2D eigenvalue weighted by molar-refractivity contribution is 5.95. The molecule has 1 fully saturated rings. The van der Waals surface area contributed by atoms with Crippen molar-refractivity contribution < 1.29 is 23.5 Å². The zero-order chi connectivity index (χ0) is 22.0. The Kier molecular flexibility index (Phi) is 5.62. The number of carbonyl (C=O) groups is 2. The first-order chi connectivity index (χ1) is 15.0. The van der Waals surface area contributed by atoms with Crippen LogP contribution in [-0.4, -0.2) is 50.1 Å². The second-order valence-corrected chi connectivity index (χ2v) is 7.23. The predicted molar refractivity (Wildman–Crippen MR) is 114 cm³/mol. The zero-order valence-corrected chi connectivity index (χ0v) is 17.3. The molecule has 8 heteroatoms. The van der Waals surface area contributed by atoms with Gasteiger partial charge in [-0.25, -0.2) is 4.79 Å². The summed E-state index contributed by atoms with van der Waals surface area (Å²) in [4.78, 5) is 37.5. The second-order valence-electron chi connectivity index (χ2n) is 7.23. The fourth-order valence-electron chi connectivity index (χ4n) is 3.59. The van der Waals surface area contributed by atoms with E-state index < -0.39 is 5.63 Å². The van der Waals surface area contributed by atoms with Crippen molar-refractivity contribution in [2.45, 2.75) is 6.92 Å². The number of aryl methyl sites for hydroxylation is 1. The van der Waals surface area contributed by atoms with Crippen LogP contribution in [0.1, 0.15) is 5.56 Å². The number of amides is 2. The number of ether oxygens (including phenoxy) is 2. The Balaban J connectivity index is 1.62. The third-order valence-electron chi connectivity index (χ3n) is 5.25. The van der Waals surface area contributed by atoms with Gasteiger partial charge in [-0.05, 0) is 42.3 Å². The van der Waals surface area contributed by atoms with E-state index in [-0.39, 0.29) is 25.0 Å². The lowest BCUT2D eigenvalue weighted by atomic mass is 10.00. The molecule has 2 aromatic carbocycles. The molecule has 0 aliphatic carbocycles. The molecule has 1 saturated heterocycles. The molecule has 1 aliphatic rings. The molecule has 0 atom stereocenters. The molecular formula is C23H22N2O6. The highest BCUT2D eigenvalue weighted by atomic mass is 16.5. The van der Waals surface area contributed by atoms with Gasteiger partial charge in [0, 0.05) is 30.1 Å². The molecule has 1 aromatic heterocycles. The topological polar surface area (TPSA) is 98.1 Å². The van der Waals surface area contributed by atoms with Crippen LogP contribution in [0, 0.1) is 6.92 Å². The standard InChI is InChI=1S/C23H22N2O6/c1-14-19(30-13-21(27)25-10-9-24-20(26)12-25)8-7-17-18(11-22(28)31-23(14)17)15-3-5-16(29-2)6-4-15/h3-8,11H,9-10,12-13H2,1-2H3,(H,24,26). The van der Waals surface area contributed by atoms with Crippen molar-refractivity contribution in [3.8, 4) is 22.6 Å². The molecule has 0 saturated carbocycles. The van der Waals surface area contributed by atoms with E-state index in [2.05, 4.69) is 5.32 Å². The number of fused-ring (bicyclic) bond motifs is 1. The van der Waals surface area contributed by atoms with E-state index in [0.29, 0.717) is 30.0 Å². The molecule has 2 heterocycles. The first-order valence-corrected chi connectivity index (χ1v) is 9.85. The molecule has 0 spiro atoms. The monoisotopic (exact) mass is 422 g/mol. The van der Waals surface area contributed by atoms with Gasteiger partial charge in [-0.15, -0.1) is 0 Å². The number of carbonyl (C=O) groups excluding carboxylic acids is 2. The Labute approximate surface area is 178 Å². The summed E-state index contributed by atoms with van der Waals surface area (Å²) in [5.41, 5.74) is 2.13. The Morgan fingerprint density at radius 3 is 2.65 bits per heavy atom. The Morgan fingerprint density at radius 2 is 1.94 bits per heavy atom. The van der Waals surface area contributed by atoms with Crippen molar-refractivity contribution in [2.75, 3.05) is 33.4 Å². The molecule has 2 amide bonds. The quantitative estimate of drug-likeness (QED) is 0.633. The number of nitrogens with one attached hydrogen (secondary N) is 1. The Morgan fingerprint density at radius 1 is 1.16 bits per heavy atom. The molecule has 3 aromatic rings. The summed E-state index contributed by atoms with van der Waals surface area (Å²) in [6.45, 7) is 2.47. The van der Waals surface area contributed by atoms with Gasteiger partial charge in [-0.1, -0.05) is 12.1 Å². The Hall–Kier alpha value is -3.81. The molecule has 1 N–H and O–H groups in total. The van der Waals surface area contributed by atoms with Crippen LogP contribution < -0.4 is 20.4 Å². The number of hydrogen-bond donors (Lipinski definition) is 1. The highest BCUT2D eigenvalue weighted by Crippen LogP contribution is 2.33. The van der Waals surface area contributed by atoms with E-state index in [1.165, 1.54) is 11.0 Å². The van der Waals surface area contributed by atoms with Crippen LogP contribution in [0.15, 0.2) is 51.7 Å². The third-order valence-corrected chi connectivity index (χ3v) is 5.25. The molecular weight excluding hydrogens is 400 g/mol. The molecule has 160 valence electrons. The smallest absolute Gasteiger partial charge is 0.336 e. The van der Waals surface area contributed by atoms with Crippen molar-refractivity contribution in [2.24, 2.45) is 0 Å². The molecule has 1 aliphatic heterocycles. The van der Waals surface area contributed by atoms with Crippen molar-refractivity contribution in [1.82, 2.24) is 10.2 Å². The lowest BCUT2D eigenvalue weighted by Crippen LogP contribution is -2.51. The normalized spacial score (nSPS) is 13.7. The van der Waals surface area contributed by atoms with Crippen LogP contribution in [-0.2, 0) is 9.59 Å². The van der Waals surface area contributed by atoms with Crippen LogP contribution in [0.4, 0.5) is 0 Å². The van der Waals surface area contributed by atoms with Crippen molar-refractivity contribution >= 4 is 22.8 Å². The number of nitrogens with zero attached hydrogens (tertiary/aromatic N) is 1. The summed E-state index contributed by atoms with van der Waals surface area (Å²) in [7, 11) is 1.59. The number of benzene rings is 2. The first-order valence-electron chi connectivity index (χ1n) is 9.85.